The number of methoxy groups -OCH3 is 1. The predicted octanol–water partition coefficient (Wildman–Crippen LogP) is 3.74. The van der Waals surface area contributed by atoms with Gasteiger partial charge in [-0.15, -0.1) is 18.3 Å². The number of rotatable bonds is 5. The van der Waals surface area contributed by atoms with Crippen LogP contribution in [0, 0.1) is 0 Å². The van der Waals surface area contributed by atoms with Crippen LogP contribution in [0.3, 0.4) is 0 Å². The van der Waals surface area contributed by atoms with Crippen molar-refractivity contribution in [3.8, 4) is 17.2 Å². The van der Waals surface area contributed by atoms with Crippen LogP contribution in [0.1, 0.15) is 0 Å². The highest BCUT2D eigenvalue weighted by atomic mass is 19.4. The standard InChI is InChI=1S/C22H17F3N4O4/c1-28-12-4-6-16(21(28)31)26-19-18-15(5-3-7-17(18)32-2)20(30)29(27-19)13-8-10-14(11-9-13)33-22(23,24)25/h3-12H,1-2H3,(H,26,27). The summed E-state index contributed by atoms with van der Waals surface area (Å²) in [6, 6.07) is 12.7. The fourth-order valence-electron chi connectivity index (χ4n) is 3.30. The summed E-state index contributed by atoms with van der Waals surface area (Å²) < 4.78 is 49.0. The first kappa shape index (κ1) is 21.9. The highest BCUT2D eigenvalue weighted by Crippen LogP contribution is 2.31. The van der Waals surface area contributed by atoms with Gasteiger partial charge in [0.1, 0.15) is 17.2 Å². The van der Waals surface area contributed by atoms with Gasteiger partial charge in [0.05, 0.1) is 23.6 Å². The maximum atomic E-state index is 13.2. The van der Waals surface area contributed by atoms with Gasteiger partial charge in [0.2, 0.25) is 0 Å². The molecule has 0 aliphatic rings. The Kier molecular flexibility index (Phi) is 5.54. The highest BCUT2D eigenvalue weighted by molar-refractivity contribution is 5.97. The molecule has 0 saturated carbocycles. The SMILES string of the molecule is COc1cccc2c(=O)n(-c3ccc(OC(F)(F)F)cc3)nc(Nc3cccn(C)c3=O)c12. The van der Waals surface area contributed by atoms with E-state index in [0.29, 0.717) is 11.1 Å². The third kappa shape index (κ3) is 4.38. The first-order valence-electron chi connectivity index (χ1n) is 9.57. The van der Waals surface area contributed by atoms with Crippen LogP contribution >= 0.6 is 0 Å². The second-order valence-corrected chi connectivity index (χ2v) is 6.95. The van der Waals surface area contributed by atoms with Crippen molar-refractivity contribution in [3.63, 3.8) is 0 Å². The Bertz CT molecular complexity index is 1440. The second kappa shape index (κ2) is 8.34. The van der Waals surface area contributed by atoms with Gasteiger partial charge >= 0.3 is 6.36 Å². The summed E-state index contributed by atoms with van der Waals surface area (Å²) in [7, 11) is 3.02. The average molecular weight is 458 g/mol. The van der Waals surface area contributed by atoms with Crippen LogP contribution in [0.25, 0.3) is 16.5 Å². The summed E-state index contributed by atoms with van der Waals surface area (Å²) in [4.78, 5) is 25.7. The van der Waals surface area contributed by atoms with Crippen molar-refractivity contribution >= 4 is 22.3 Å². The maximum Gasteiger partial charge on any atom is 0.573 e. The number of aromatic nitrogens is 3. The van der Waals surface area contributed by atoms with Crippen LogP contribution in [0.15, 0.2) is 70.4 Å². The topological polar surface area (TPSA) is 87.4 Å². The first-order chi connectivity index (χ1) is 15.7. The van der Waals surface area contributed by atoms with Crippen molar-refractivity contribution in [2.75, 3.05) is 12.4 Å². The lowest BCUT2D eigenvalue weighted by Gasteiger charge is -2.15. The van der Waals surface area contributed by atoms with Crippen molar-refractivity contribution in [1.29, 1.82) is 0 Å². The van der Waals surface area contributed by atoms with Gasteiger partial charge in [-0.05, 0) is 48.5 Å². The summed E-state index contributed by atoms with van der Waals surface area (Å²) in [6.45, 7) is 0. The Morgan fingerprint density at radius 1 is 0.970 bits per heavy atom. The normalized spacial score (nSPS) is 11.4. The Balaban J connectivity index is 1.90. The zero-order valence-electron chi connectivity index (χ0n) is 17.4. The Morgan fingerprint density at radius 3 is 2.36 bits per heavy atom. The third-order valence-corrected chi connectivity index (χ3v) is 4.80. The first-order valence-corrected chi connectivity index (χ1v) is 9.57. The van der Waals surface area contributed by atoms with E-state index in [1.165, 1.54) is 23.8 Å². The molecular weight excluding hydrogens is 441 g/mol. The fraction of sp³-hybridized carbons (Fsp3) is 0.136. The van der Waals surface area contributed by atoms with E-state index in [9.17, 15) is 22.8 Å². The van der Waals surface area contributed by atoms with Gasteiger partial charge in [0, 0.05) is 13.2 Å². The molecule has 170 valence electrons. The maximum absolute atomic E-state index is 13.2. The molecule has 4 rings (SSSR count). The van der Waals surface area contributed by atoms with E-state index in [1.54, 1.807) is 43.6 Å². The smallest absolute Gasteiger partial charge is 0.496 e. The minimum atomic E-state index is -4.84. The van der Waals surface area contributed by atoms with Gasteiger partial charge < -0.3 is 19.4 Å². The molecule has 2 aromatic heterocycles. The monoisotopic (exact) mass is 458 g/mol. The van der Waals surface area contributed by atoms with Crippen LogP contribution in [-0.4, -0.2) is 27.8 Å². The molecule has 0 fully saturated rings. The number of hydrogen-bond donors (Lipinski definition) is 1. The number of benzene rings is 2. The van der Waals surface area contributed by atoms with Gasteiger partial charge in [-0.1, -0.05) is 6.07 Å². The van der Waals surface area contributed by atoms with Crippen molar-refractivity contribution in [2.24, 2.45) is 7.05 Å². The van der Waals surface area contributed by atoms with Gasteiger partial charge in [0.15, 0.2) is 5.82 Å². The summed E-state index contributed by atoms with van der Waals surface area (Å²) in [5.74, 6) is 0.0716. The van der Waals surface area contributed by atoms with Crippen molar-refractivity contribution < 1.29 is 22.6 Å². The lowest BCUT2D eigenvalue weighted by atomic mass is 10.1. The van der Waals surface area contributed by atoms with Crippen molar-refractivity contribution in [2.45, 2.75) is 6.36 Å². The number of anilines is 2. The second-order valence-electron chi connectivity index (χ2n) is 6.95. The Hall–Kier alpha value is -4.28. The van der Waals surface area contributed by atoms with E-state index in [4.69, 9.17) is 4.74 Å². The number of alkyl halides is 3. The van der Waals surface area contributed by atoms with Gasteiger partial charge in [-0.2, -0.15) is 4.68 Å². The van der Waals surface area contributed by atoms with Crippen LogP contribution in [0.5, 0.6) is 11.5 Å². The van der Waals surface area contributed by atoms with Gasteiger partial charge in [-0.3, -0.25) is 9.59 Å². The minimum Gasteiger partial charge on any atom is -0.496 e. The third-order valence-electron chi connectivity index (χ3n) is 4.80. The molecule has 0 aliphatic carbocycles. The number of pyridine rings is 1. The zero-order valence-corrected chi connectivity index (χ0v) is 17.4. The van der Waals surface area contributed by atoms with Crippen LogP contribution in [-0.2, 0) is 7.05 Å². The molecule has 4 aromatic rings. The van der Waals surface area contributed by atoms with E-state index in [0.717, 1.165) is 16.8 Å². The minimum absolute atomic E-state index is 0.154. The molecule has 11 heteroatoms. The molecule has 33 heavy (non-hydrogen) atoms. The lowest BCUT2D eigenvalue weighted by Crippen LogP contribution is -2.24. The van der Waals surface area contributed by atoms with Crippen LogP contribution in [0.4, 0.5) is 24.7 Å². The van der Waals surface area contributed by atoms with E-state index in [1.807, 2.05) is 0 Å². The summed E-state index contributed by atoms with van der Waals surface area (Å²) in [5, 5.41) is 7.89. The number of halogens is 3. The number of aryl methyl sites for hydroxylation is 1. The van der Waals surface area contributed by atoms with E-state index in [-0.39, 0.29) is 28.1 Å². The zero-order chi connectivity index (χ0) is 23.8. The number of hydrogen-bond acceptors (Lipinski definition) is 6. The highest BCUT2D eigenvalue weighted by Gasteiger charge is 2.31. The summed E-state index contributed by atoms with van der Waals surface area (Å²) in [5.41, 5.74) is -0.448. The molecule has 2 heterocycles. The molecule has 8 nitrogen and oxygen atoms in total. The summed E-state index contributed by atoms with van der Waals surface area (Å²) in [6.07, 6.45) is -3.25. The fourth-order valence-corrected chi connectivity index (χ4v) is 3.30. The molecule has 0 aliphatic heterocycles. The van der Waals surface area contributed by atoms with Crippen LogP contribution < -0.4 is 25.9 Å². The number of ether oxygens (including phenoxy) is 2. The Labute approximate surface area is 184 Å². The molecular formula is C22H17F3N4O4. The Morgan fingerprint density at radius 2 is 1.70 bits per heavy atom. The van der Waals surface area contributed by atoms with E-state index in [2.05, 4.69) is 15.2 Å². The molecule has 0 unspecified atom stereocenters. The number of fused-ring (bicyclic) bond motifs is 1. The largest absolute Gasteiger partial charge is 0.573 e. The molecule has 0 radical (unpaired) electrons. The molecule has 0 amide bonds. The summed E-state index contributed by atoms with van der Waals surface area (Å²) >= 11 is 0. The van der Waals surface area contributed by atoms with E-state index >= 15 is 0 Å². The van der Waals surface area contributed by atoms with Crippen molar-refractivity contribution in [3.05, 3.63) is 81.5 Å². The molecule has 0 bridgehead atoms. The molecule has 1 N–H and O–H groups in total. The quantitative estimate of drug-likeness (QED) is 0.490. The van der Waals surface area contributed by atoms with Crippen LogP contribution in [0.2, 0.25) is 0 Å². The van der Waals surface area contributed by atoms with Gasteiger partial charge in [-0.25, -0.2) is 0 Å². The average Bonchev–Trinajstić information content (AvgIpc) is 2.78. The molecule has 2 aromatic carbocycles. The molecule has 0 saturated heterocycles. The molecule has 0 atom stereocenters. The number of nitrogens with one attached hydrogen (secondary N) is 1. The van der Waals surface area contributed by atoms with E-state index < -0.39 is 17.7 Å². The van der Waals surface area contributed by atoms with Gasteiger partial charge in [0.25, 0.3) is 11.1 Å². The lowest BCUT2D eigenvalue weighted by molar-refractivity contribution is -0.274. The predicted molar refractivity (Wildman–Crippen MR) is 116 cm³/mol. The van der Waals surface area contributed by atoms with Crippen molar-refractivity contribution in [1.82, 2.24) is 14.3 Å². The molecule has 0 spiro atoms. The number of nitrogens with zero attached hydrogens (tertiary/aromatic N) is 3.